The number of amides is 1. The first-order valence-corrected chi connectivity index (χ1v) is 7.76. The number of nitrogens with one attached hydrogen (secondary N) is 1. The van der Waals surface area contributed by atoms with Crippen molar-refractivity contribution >= 4 is 23.2 Å². The van der Waals surface area contributed by atoms with E-state index in [0.717, 1.165) is 12.0 Å². The third-order valence-electron chi connectivity index (χ3n) is 4.03. The minimum atomic E-state index is -0.449. The van der Waals surface area contributed by atoms with Gasteiger partial charge in [0.1, 0.15) is 0 Å². The highest BCUT2D eigenvalue weighted by Crippen LogP contribution is 2.28. The van der Waals surface area contributed by atoms with Crippen LogP contribution in [0.2, 0.25) is 5.02 Å². The highest BCUT2D eigenvalue weighted by atomic mass is 35.5. The molecule has 1 aromatic rings. The van der Waals surface area contributed by atoms with Crippen LogP contribution in [0, 0.1) is 12.8 Å². The Morgan fingerprint density at radius 3 is 2.80 bits per heavy atom. The second-order valence-electron chi connectivity index (χ2n) is 5.82. The molecule has 0 bridgehead atoms. The highest BCUT2D eigenvalue weighted by Gasteiger charge is 2.21. The first kappa shape index (κ1) is 15.3. The van der Waals surface area contributed by atoms with E-state index in [1.54, 1.807) is 6.07 Å². The highest BCUT2D eigenvalue weighted by molar-refractivity contribution is 6.33. The Labute approximate surface area is 125 Å². The fraction of sp³-hybridized carbons (Fsp3) is 0.562. The van der Waals surface area contributed by atoms with Crippen LogP contribution in [0.1, 0.15) is 44.1 Å². The molecule has 3 nitrogen and oxygen atoms in total. The number of hydrogen-bond donors (Lipinski definition) is 2. The summed E-state index contributed by atoms with van der Waals surface area (Å²) in [6.45, 7) is 1.97. The van der Waals surface area contributed by atoms with Crippen LogP contribution in [0.25, 0.3) is 0 Å². The quantitative estimate of drug-likeness (QED) is 0.885. The van der Waals surface area contributed by atoms with Crippen molar-refractivity contribution in [1.29, 1.82) is 0 Å². The summed E-state index contributed by atoms with van der Waals surface area (Å²) in [4.78, 5) is 12.2. The zero-order valence-corrected chi connectivity index (χ0v) is 12.7. The molecule has 20 heavy (non-hydrogen) atoms. The molecule has 1 unspecified atom stereocenters. The van der Waals surface area contributed by atoms with Crippen molar-refractivity contribution in [3.63, 3.8) is 0 Å². The predicted octanol–water partition coefficient (Wildman–Crippen LogP) is 3.88. The normalized spacial score (nSPS) is 17.8. The van der Waals surface area contributed by atoms with Gasteiger partial charge in [0.25, 0.3) is 0 Å². The summed E-state index contributed by atoms with van der Waals surface area (Å²) < 4.78 is 0. The van der Waals surface area contributed by atoms with E-state index in [1.165, 1.54) is 32.1 Å². The van der Waals surface area contributed by atoms with Crippen LogP contribution < -0.4 is 11.1 Å². The molecule has 0 heterocycles. The molecule has 0 spiro atoms. The van der Waals surface area contributed by atoms with E-state index in [0.29, 0.717) is 16.6 Å². The number of carbonyl (C=O) groups excluding carboxylic acids is 1. The molecule has 2 rings (SSSR count). The molecule has 1 saturated carbocycles. The van der Waals surface area contributed by atoms with Gasteiger partial charge in [-0.25, -0.2) is 0 Å². The molecule has 0 radical (unpaired) electrons. The molecule has 1 amide bonds. The molecule has 1 aromatic carbocycles. The molecule has 1 aliphatic rings. The number of halogens is 1. The van der Waals surface area contributed by atoms with Gasteiger partial charge >= 0.3 is 0 Å². The fourth-order valence-corrected chi connectivity index (χ4v) is 3.01. The van der Waals surface area contributed by atoms with Gasteiger partial charge in [-0.2, -0.15) is 0 Å². The number of rotatable bonds is 4. The maximum absolute atomic E-state index is 12.2. The van der Waals surface area contributed by atoms with Crippen molar-refractivity contribution in [2.75, 3.05) is 5.32 Å². The Kier molecular flexibility index (Phi) is 5.44. The van der Waals surface area contributed by atoms with Crippen molar-refractivity contribution in [2.24, 2.45) is 11.7 Å². The summed E-state index contributed by atoms with van der Waals surface area (Å²) in [5, 5.41) is 3.39. The van der Waals surface area contributed by atoms with Gasteiger partial charge < -0.3 is 11.1 Å². The Hall–Kier alpha value is -1.06. The van der Waals surface area contributed by atoms with Gasteiger partial charge in [0.15, 0.2) is 0 Å². The van der Waals surface area contributed by atoms with Crippen LogP contribution in [-0.2, 0) is 4.79 Å². The van der Waals surface area contributed by atoms with Crippen LogP contribution in [0.5, 0.6) is 0 Å². The number of nitrogens with two attached hydrogens (primary N) is 1. The molecular formula is C16H23ClN2O. The van der Waals surface area contributed by atoms with Crippen LogP contribution in [0.15, 0.2) is 18.2 Å². The van der Waals surface area contributed by atoms with E-state index in [1.807, 2.05) is 19.1 Å². The topological polar surface area (TPSA) is 55.1 Å². The molecule has 1 atom stereocenters. The maximum Gasteiger partial charge on any atom is 0.241 e. The van der Waals surface area contributed by atoms with Gasteiger partial charge in [-0.1, -0.05) is 49.8 Å². The molecule has 1 fully saturated rings. The van der Waals surface area contributed by atoms with Gasteiger partial charge in [-0.05, 0) is 37.0 Å². The number of benzene rings is 1. The third kappa shape index (κ3) is 4.22. The lowest BCUT2D eigenvalue weighted by Gasteiger charge is -2.24. The van der Waals surface area contributed by atoms with Gasteiger partial charge in [0.05, 0.1) is 16.8 Å². The Bertz CT molecular complexity index is 470. The van der Waals surface area contributed by atoms with Crippen LogP contribution in [0.3, 0.4) is 0 Å². The van der Waals surface area contributed by atoms with Crippen LogP contribution in [-0.4, -0.2) is 11.9 Å². The lowest BCUT2D eigenvalue weighted by Crippen LogP contribution is -2.37. The van der Waals surface area contributed by atoms with Crippen LogP contribution in [0.4, 0.5) is 5.69 Å². The first-order valence-electron chi connectivity index (χ1n) is 7.39. The minimum absolute atomic E-state index is 0.136. The van der Waals surface area contributed by atoms with Gasteiger partial charge in [-0.3, -0.25) is 4.79 Å². The summed E-state index contributed by atoms with van der Waals surface area (Å²) in [7, 11) is 0. The molecule has 0 aromatic heterocycles. The number of hydrogen-bond acceptors (Lipinski definition) is 2. The van der Waals surface area contributed by atoms with Crippen molar-refractivity contribution in [3.8, 4) is 0 Å². The Morgan fingerprint density at radius 2 is 2.10 bits per heavy atom. The van der Waals surface area contributed by atoms with E-state index >= 15 is 0 Å². The third-order valence-corrected chi connectivity index (χ3v) is 4.36. The number of anilines is 1. The van der Waals surface area contributed by atoms with E-state index in [2.05, 4.69) is 5.32 Å². The summed E-state index contributed by atoms with van der Waals surface area (Å²) in [5.41, 5.74) is 7.74. The molecule has 1 aliphatic carbocycles. The van der Waals surface area contributed by atoms with Gasteiger partial charge in [0.2, 0.25) is 5.91 Å². The smallest absolute Gasteiger partial charge is 0.241 e. The van der Waals surface area contributed by atoms with Crippen molar-refractivity contribution in [3.05, 3.63) is 28.8 Å². The lowest BCUT2D eigenvalue weighted by atomic mass is 9.85. The van der Waals surface area contributed by atoms with Crippen molar-refractivity contribution in [2.45, 2.75) is 51.5 Å². The van der Waals surface area contributed by atoms with Crippen LogP contribution >= 0.6 is 11.6 Å². The SMILES string of the molecule is Cc1ccc(Cl)c(NC(=O)C(N)CC2CCCCC2)c1. The largest absolute Gasteiger partial charge is 0.323 e. The Morgan fingerprint density at radius 1 is 1.40 bits per heavy atom. The van der Waals surface area contributed by atoms with E-state index in [9.17, 15) is 4.79 Å². The predicted molar refractivity (Wildman–Crippen MR) is 84.0 cm³/mol. The summed E-state index contributed by atoms with van der Waals surface area (Å²) in [5.74, 6) is 0.459. The summed E-state index contributed by atoms with van der Waals surface area (Å²) in [6, 6.07) is 5.13. The lowest BCUT2D eigenvalue weighted by molar-refractivity contribution is -0.117. The summed E-state index contributed by atoms with van der Waals surface area (Å²) >= 11 is 6.08. The van der Waals surface area contributed by atoms with E-state index in [4.69, 9.17) is 17.3 Å². The van der Waals surface area contributed by atoms with Crippen molar-refractivity contribution < 1.29 is 4.79 Å². The second-order valence-corrected chi connectivity index (χ2v) is 6.23. The van der Waals surface area contributed by atoms with E-state index in [-0.39, 0.29) is 5.91 Å². The molecule has 0 saturated heterocycles. The zero-order valence-electron chi connectivity index (χ0n) is 12.0. The number of aryl methyl sites for hydroxylation is 1. The standard InChI is InChI=1S/C16H23ClN2O/c1-11-7-8-13(17)15(9-11)19-16(20)14(18)10-12-5-3-2-4-6-12/h7-9,12,14H,2-6,10,18H2,1H3,(H,19,20). The second kappa shape index (κ2) is 7.09. The average molecular weight is 295 g/mol. The fourth-order valence-electron chi connectivity index (χ4n) is 2.85. The molecule has 3 N–H and O–H groups in total. The zero-order chi connectivity index (χ0) is 14.5. The van der Waals surface area contributed by atoms with Gasteiger partial charge in [-0.15, -0.1) is 0 Å². The van der Waals surface area contributed by atoms with Gasteiger partial charge in [0, 0.05) is 0 Å². The van der Waals surface area contributed by atoms with E-state index < -0.39 is 6.04 Å². The minimum Gasteiger partial charge on any atom is -0.323 e. The summed E-state index contributed by atoms with van der Waals surface area (Å²) in [6.07, 6.45) is 7.02. The van der Waals surface area contributed by atoms with Crippen molar-refractivity contribution in [1.82, 2.24) is 0 Å². The molecule has 110 valence electrons. The molecule has 0 aliphatic heterocycles. The monoisotopic (exact) mass is 294 g/mol. The number of carbonyl (C=O) groups is 1. The molecule has 4 heteroatoms. The Balaban J connectivity index is 1.91. The average Bonchev–Trinajstić information content (AvgIpc) is 2.44. The first-order chi connectivity index (χ1) is 9.56. The maximum atomic E-state index is 12.2. The molecular weight excluding hydrogens is 272 g/mol.